The number of carbonyl (C=O) groups is 2. The predicted octanol–water partition coefficient (Wildman–Crippen LogP) is 5.68. The van der Waals surface area contributed by atoms with Crippen molar-refractivity contribution in [2.45, 2.75) is 32.8 Å². The topological polar surface area (TPSA) is 65.5 Å². The molecule has 1 aromatic carbocycles. The molecule has 180 valence electrons. The molecule has 2 heterocycles. The normalized spacial score (nSPS) is 28.5. The third kappa shape index (κ3) is 5.40. The van der Waals surface area contributed by atoms with Crippen LogP contribution in [-0.4, -0.2) is 35.0 Å². The molecule has 6 unspecified atom stereocenters. The molecule has 7 heteroatoms. The van der Waals surface area contributed by atoms with Crippen molar-refractivity contribution in [2.24, 2.45) is 29.6 Å². The maximum atomic E-state index is 13.6. The zero-order valence-electron chi connectivity index (χ0n) is 19.3. The number of rotatable bonds is 7. The monoisotopic (exact) mass is 529 g/mol. The van der Waals surface area contributed by atoms with Gasteiger partial charge in [0.15, 0.2) is 0 Å². The number of halogens is 2. The lowest BCUT2D eigenvalue weighted by molar-refractivity contribution is -0.145. The molecule has 2 aliphatic rings. The molecule has 1 aliphatic heterocycles. The molecular formula is C27H29BrFNO4. The minimum absolute atomic E-state index is 0.0768. The second-order valence-corrected chi connectivity index (χ2v) is 9.98. The van der Waals surface area contributed by atoms with Crippen LogP contribution >= 0.6 is 15.9 Å². The van der Waals surface area contributed by atoms with Crippen LogP contribution in [0.15, 0.2) is 48.7 Å². The number of aromatic nitrogens is 1. The van der Waals surface area contributed by atoms with Gasteiger partial charge in [0.25, 0.3) is 0 Å². The lowest BCUT2D eigenvalue weighted by Gasteiger charge is -2.43. The summed E-state index contributed by atoms with van der Waals surface area (Å²) in [5.41, 5.74) is 2.41. The third-order valence-electron chi connectivity index (χ3n) is 7.09. The molecule has 0 N–H and O–H groups in total. The summed E-state index contributed by atoms with van der Waals surface area (Å²) in [6.07, 6.45) is 7.28. The van der Waals surface area contributed by atoms with E-state index in [0.29, 0.717) is 13.0 Å². The number of benzene rings is 1. The number of hydrogen-bond acceptors (Lipinski definition) is 5. The molecule has 1 aromatic heterocycles. The van der Waals surface area contributed by atoms with E-state index in [1.54, 1.807) is 12.3 Å². The van der Waals surface area contributed by atoms with E-state index in [2.05, 4.69) is 27.0 Å². The van der Waals surface area contributed by atoms with Crippen molar-refractivity contribution in [2.75, 3.05) is 11.9 Å². The van der Waals surface area contributed by atoms with Crippen LogP contribution in [0, 0.1) is 35.4 Å². The first-order chi connectivity index (χ1) is 16.4. The second kappa shape index (κ2) is 10.8. The van der Waals surface area contributed by atoms with Gasteiger partial charge in [-0.1, -0.05) is 40.2 Å². The highest BCUT2D eigenvalue weighted by atomic mass is 79.9. The standard InChI is InChI=1S/C27H29BrFNO4/c1-16-26-24(9-8-22-7-6-19(14-30-22)18-4-3-5-21(29)12-18)23(10-11-28)20(15-33-17(2)31)13-25(26)27(32)34-16/h3-9,12,14,16,20,23-26H,10-11,13,15H2,1-2H3/b9-8+. The molecule has 1 saturated carbocycles. The summed E-state index contributed by atoms with van der Waals surface area (Å²) < 4.78 is 24.6. The van der Waals surface area contributed by atoms with Gasteiger partial charge in [-0.2, -0.15) is 0 Å². The second-order valence-electron chi connectivity index (χ2n) is 9.18. The third-order valence-corrected chi connectivity index (χ3v) is 7.55. The first-order valence-corrected chi connectivity index (χ1v) is 12.8. The summed E-state index contributed by atoms with van der Waals surface area (Å²) in [6.45, 7) is 3.68. The van der Waals surface area contributed by atoms with Crippen molar-refractivity contribution in [3.63, 3.8) is 0 Å². The number of ether oxygens (including phenoxy) is 2. The number of hydrogen-bond donors (Lipinski definition) is 0. The quantitative estimate of drug-likeness (QED) is 0.341. The molecule has 34 heavy (non-hydrogen) atoms. The highest BCUT2D eigenvalue weighted by Gasteiger charge is 2.53. The summed E-state index contributed by atoms with van der Waals surface area (Å²) in [6, 6.07) is 10.3. The fraction of sp³-hybridized carbons (Fsp3) is 0.444. The van der Waals surface area contributed by atoms with E-state index < -0.39 is 0 Å². The van der Waals surface area contributed by atoms with Gasteiger partial charge < -0.3 is 9.47 Å². The van der Waals surface area contributed by atoms with Crippen LogP contribution in [0.3, 0.4) is 0 Å². The van der Waals surface area contributed by atoms with E-state index in [4.69, 9.17) is 9.47 Å². The Morgan fingerprint density at radius 3 is 2.79 bits per heavy atom. The Kier molecular flexibility index (Phi) is 7.81. The lowest BCUT2D eigenvalue weighted by Crippen LogP contribution is -2.43. The summed E-state index contributed by atoms with van der Waals surface area (Å²) in [5, 5.41) is 0.819. The minimum atomic E-state index is -0.309. The molecule has 6 atom stereocenters. The zero-order valence-corrected chi connectivity index (χ0v) is 20.9. The summed E-state index contributed by atoms with van der Waals surface area (Å²) in [4.78, 5) is 28.6. The van der Waals surface area contributed by atoms with Gasteiger partial charge >= 0.3 is 11.9 Å². The molecule has 1 saturated heterocycles. The SMILES string of the molecule is CC(=O)OCC1CC2C(=O)OC(C)C2C(/C=C/c2ccc(-c3cccc(F)c3)cn2)C1CCBr. The molecule has 5 nitrogen and oxygen atoms in total. The van der Waals surface area contributed by atoms with Gasteiger partial charge in [0.1, 0.15) is 11.9 Å². The van der Waals surface area contributed by atoms with E-state index in [-0.39, 0.29) is 53.4 Å². The van der Waals surface area contributed by atoms with Crippen LogP contribution in [-0.2, 0) is 19.1 Å². The average molecular weight is 530 g/mol. The number of fused-ring (bicyclic) bond motifs is 1. The number of pyridine rings is 1. The number of esters is 2. The number of alkyl halides is 1. The highest BCUT2D eigenvalue weighted by molar-refractivity contribution is 9.09. The summed E-state index contributed by atoms with van der Waals surface area (Å²) in [5.74, 6) is -0.457. The van der Waals surface area contributed by atoms with Crippen molar-refractivity contribution in [3.8, 4) is 11.1 Å². The van der Waals surface area contributed by atoms with Gasteiger partial charge in [0, 0.05) is 29.9 Å². The lowest BCUT2D eigenvalue weighted by atomic mass is 9.60. The minimum Gasteiger partial charge on any atom is -0.466 e. The van der Waals surface area contributed by atoms with Gasteiger partial charge in [-0.05, 0) is 67.4 Å². The molecular weight excluding hydrogens is 501 g/mol. The number of carbonyl (C=O) groups excluding carboxylic acids is 2. The van der Waals surface area contributed by atoms with Crippen molar-refractivity contribution >= 4 is 33.9 Å². The van der Waals surface area contributed by atoms with Crippen LogP contribution in [0.2, 0.25) is 0 Å². The maximum Gasteiger partial charge on any atom is 0.309 e. The molecule has 1 aliphatic carbocycles. The number of allylic oxidation sites excluding steroid dienone is 1. The summed E-state index contributed by atoms with van der Waals surface area (Å²) >= 11 is 3.58. The van der Waals surface area contributed by atoms with Crippen LogP contribution in [0.4, 0.5) is 4.39 Å². The van der Waals surface area contributed by atoms with Gasteiger partial charge in [-0.25, -0.2) is 4.39 Å². The first kappa shape index (κ1) is 24.6. The molecule has 0 spiro atoms. The Labute approximate surface area is 207 Å². The van der Waals surface area contributed by atoms with Crippen molar-refractivity contribution in [3.05, 3.63) is 60.2 Å². The Morgan fingerprint density at radius 2 is 2.12 bits per heavy atom. The molecule has 0 bridgehead atoms. The maximum absolute atomic E-state index is 13.6. The van der Waals surface area contributed by atoms with Gasteiger partial charge in [-0.15, -0.1) is 0 Å². The van der Waals surface area contributed by atoms with Crippen molar-refractivity contribution in [1.29, 1.82) is 0 Å². The van der Waals surface area contributed by atoms with Crippen molar-refractivity contribution < 1.29 is 23.5 Å². The summed E-state index contributed by atoms with van der Waals surface area (Å²) in [7, 11) is 0. The molecule has 2 fully saturated rings. The van der Waals surface area contributed by atoms with Gasteiger partial charge in [-0.3, -0.25) is 14.6 Å². The fourth-order valence-corrected chi connectivity index (χ4v) is 6.09. The van der Waals surface area contributed by atoms with Crippen LogP contribution in [0.25, 0.3) is 17.2 Å². The average Bonchev–Trinajstić information content (AvgIpc) is 3.10. The van der Waals surface area contributed by atoms with E-state index in [0.717, 1.165) is 28.6 Å². The van der Waals surface area contributed by atoms with E-state index in [1.165, 1.54) is 19.1 Å². The Morgan fingerprint density at radius 1 is 1.29 bits per heavy atom. The van der Waals surface area contributed by atoms with Crippen LogP contribution < -0.4 is 0 Å². The van der Waals surface area contributed by atoms with Crippen molar-refractivity contribution in [1.82, 2.24) is 4.98 Å². The van der Waals surface area contributed by atoms with E-state index in [1.807, 2.05) is 31.2 Å². The highest BCUT2D eigenvalue weighted by Crippen LogP contribution is 2.50. The smallest absolute Gasteiger partial charge is 0.309 e. The Balaban J connectivity index is 1.59. The van der Waals surface area contributed by atoms with Crippen LogP contribution in [0.1, 0.15) is 32.4 Å². The van der Waals surface area contributed by atoms with E-state index >= 15 is 0 Å². The number of cyclic esters (lactones) is 1. The molecule has 0 radical (unpaired) electrons. The predicted molar refractivity (Wildman–Crippen MR) is 131 cm³/mol. The molecule has 2 aromatic rings. The fourth-order valence-electron chi connectivity index (χ4n) is 5.56. The Hall–Kier alpha value is -2.54. The van der Waals surface area contributed by atoms with Crippen LogP contribution in [0.5, 0.6) is 0 Å². The molecule has 0 amide bonds. The Bertz CT molecular complexity index is 1060. The first-order valence-electron chi connectivity index (χ1n) is 11.7. The molecule has 4 rings (SSSR count). The number of nitrogens with zero attached hydrogens (tertiary/aromatic N) is 1. The van der Waals surface area contributed by atoms with Gasteiger partial charge in [0.2, 0.25) is 0 Å². The largest absolute Gasteiger partial charge is 0.466 e. The van der Waals surface area contributed by atoms with E-state index in [9.17, 15) is 14.0 Å². The zero-order chi connectivity index (χ0) is 24.2. The van der Waals surface area contributed by atoms with Gasteiger partial charge in [0.05, 0.1) is 18.2 Å².